The van der Waals surface area contributed by atoms with E-state index in [1.165, 1.54) is 0 Å². The second-order valence-electron chi connectivity index (χ2n) is 16.6. The number of hydrogen-bond acceptors (Lipinski definition) is 11. The molecule has 1 aliphatic carbocycles. The van der Waals surface area contributed by atoms with Crippen molar-refractivity contribution in [1.29, 1.82) is 0 Å². The van der Waals surface area contributed by atoms with Crippen LogP contribution in [0.2, 0.25) is 0 Å². The predicted molar refractivity (Wildman–Crippen MR) is 229 cm³/mol. The molecule has 320 valence electrons. The minimum Gasteiger partial charge on any atom is -0.449 e. The van der Waals surface area contributed by atoms with Crippen molar-refractivity contribution in [2.75, 3.05) is 13.2 Å². The molecule has 4 aromatic carbocycles. The second-order valence-corrected chi connectivity index (χ2v) is 16.6. The van der Waals surface area contributed by atoms with E-state index < -0.39 is 66.3 Å². The third-order valence-electron chi connectivity index (χ3n) is 11.0. The van der Waals surface area contributed by atoms with Crippen molar-refractivity contribution in [2.45, 2.75) is 94.3 Å². The first-order valence-corrected chi connectivity index (χ1v) is 20.4. The van der Waals surface area contributed by atoms with Gasteiger partial charge in [0.25, 0.3) is 0 Å². The van der Waals surface area contributed by atoms with Crippen LogP contribution in [0.25, 0.3) is 11.1 Å². The van der Waals surface area contributed by atoms with E-state index in [-0.39, 0.29) is 25.5 Å². The average molecular weight is 832 g/mol. The highest BCUT2D eigenvalue weighted by Gasteiger charge is 2.49. The zero-order valence-electron chi connectivity index (χ0n) is 34.4. The number of carbonyl (C=O) groups excluding carboxylic acids is 3. The van der Waals surface area contributed by atoms with Gasteiger partial charge in [-0.2, -0.15) is 0 Å². The predicted octanol–water partition coefficient (Wildman–Crippen LogP) is 4.78. The molecule has 3 aliphatic rings. The molecule has 7 rings (SSSR count). The van der Waals surface area contributed by atoms with Crippen molar-refractivity contribution in [2.24, 2.45) is 4.99 Å². The fourth-order valence-electron chi connectivity index (χ4n) is 8.00. The average Bonchev–Trinajstić information content (AvgIpc) is 3.80. The Kier molecular flexibility index (Phi) is 13.2. The van der Waals surface area contributed by atoms with Gasteiger partial charge in [-0.25, -0.2) is 9.59 Å². The summed E-state index contributed by atoms with van der Waals surface area (Å²) in [5.74, 6) is -0.996. The van der Waals surface area contributed by atoms with Gasteiger partial charge in [-0.15, -0.1) is 0 Å². The Bertz CT molecular complexity index is 2210. The van der Waals surface area contributed by atoms with Gasteiger partial charge < -0.3 is 50.8 Å². The van der Waals surface area contributed by atoms with Crippen molar-refractivity contribution < 1.29 is 43.9 Å². The molecule has 14 nitrogen and oxygen atoms in total. The third-order valence-corrected chi connectivity index (χ3v) is 11.0. The van der Waals surface area contributed by atoms with Crippen LogP contribution in [0, 0.1) is 0 Å². The Morgan fingerprint density at radius 1 is 0.803 bits per heavy atom. The van der Waals surface area contributed by atoms with E-state index in [1.807, 2.05) is 103 Å². The standard InChI is InChI=1S/C47H53N5O9/c1-27(48-24-28-14-6-5-7-15-28)37(23-30-22-29-16-8-13-21-36(29)50-30)51-44(56)39(52-46(58)61-47(2,3)4)43-42(55)41(54)40(53)38(60-43)25-49-45(57)59-26-35-33-19-11-9-17-31(33)32-18-10-12-20-34(32)35/h5-21,35,37-43,48,53-55H,1,22-26H2,2-4H3,(H,49,57)(H,51,56)(H,52,58)/t37-,38?,39?,40+,41?,42?,43-/m0/s1. The number of fused-ring (bicyclic) bond motifs is 4. The summed E-state index contributed by atoms with van der Waals surface area (Å²) >= 11 is 0. The van der Waals surface area contributed by atoms with E-state index in [0.29, 0.717) is 18.7 Å². The Balaban J connectivity index is 1.06. The van der Waals surface area contributed by atoms with Crippen LogP contribution < -0.4 is 21.3 Å². The van der Waals surface area contributed by atoms with Crippen molar-refractivity contribution in [1.82, 2.24) is 21.3 Å². The van der Waals surface area contributed by atoms with Crippen LogP contribution in [0.3, 0.4) is 0 Å². The van der Waals surface area contributed by atoms with E-state index in [9.17, 15) is 29.7 Å². The largest absolute Gasteiger partial charge is 0.449 e. The molecule has 4 unspecified atom stereocenters. The number of aliphatic imine (C=N–C) groups is 1. The summed E-state index contributed by atoms with van der Waals surface area (Å²) in [5, 5.41) is 44.9. The maximum absolute atomic E-state index is 14.5. The molecule has 14 heteroatoms. The minimum atomic E-state index is -1.86. The van der Waals surface area contributed by atoms with Gasteiger partial charge in [-0.1, -0.05) is 104 Å². The Labute approximate surface area is 355 Å². The Hall–Kier alpha value is -6.06. The molecule has 2 heterocycles. The van der Waals surface area contributed by atoms with Gasteiger partial charge in [0, 0.05) is 43.3 Å². The maximum Gasteiger partial charge on any atom is 0.408 e. The molecule has 61 heavy (non-hydrogen) atoms. The maximum atomic E-state index is 14.5. The minimum absolute atomic E-state index is 0.0329. The number of benzene rings is 4. The number of nitrogens with one attached hydrogen (secondary N) is 4. The topological polar surface area (TPSA) is 200 Å². The molecule has 7 atom stereocenters. The number of ether oxygens (including phenoxy) is 3. The Morgan fingerprint density at radius 2 is 1.44 bits per heavy atom. The molecule has 1 saturated heterocycles. The summed E-state index contributed by atoms with van der Waals surface area (Å²) in [6.45, 7) is 9.27. The van der Waals surface area contributed by atoms with Crippen LogP contribution in [0.15, 0.2) is 120 Å². The molecular formula is C47H53N5O9. The van der Waals surface area contributed by atoms with Crippen molar-refractivity contribution in [3.63, 3.8) is 0 Å². The molecule has 0 spiro atoms. The number of aliphatic hydroxyl groups excluding tert-OH is 3. The number of aliphatic hydroxyl groups is 3. The van der Waals surface area contributed by atoms with E-state index >= 15 is 0 Å². The molecule has 3 amide bonds. The summed E-state index contributed by atoms with van der Waals surface area (Å²) in [6, 6.07) is 30.8. The number of amides is 3. The van der Waals surface area contributed by atoms with Crippen LogP contribution >= 0.6 is 0 Å². The molecular weight excluding hydrogens is 779 g/mol. The highest BCUT2D eigenvalue weighted by atomic mass is 16.6. The molecule has 7 N–H and O–H groups in total. The number of rotatable bonds is 14. The highest BCUT2D eigenvalue weighted by Crippen LogP contribution is 2.44. The van der Waals surface area contributed by atoms with Crippen LogP contribution in [0.4, 0.5) is 15.3 Å². The molecule has 0 bridgehead atoms. The first kappa shape index (κ1) is 43.0. The second kappa shape index (κ2) is 18.7. The smallest absolute Gasteiger partial charge is 0.408 e. The monoisotopic (exact) mass is 831 g/mol. The van der Waals surface area contributed by atoms with Crippen molar-refractivity contribution in [3.8, 4) is 11.1 Å². The van der Waals surface area contributed by atoms with E-state index in [0.717, 1.165) is 44.8 Å². The lowest BCUT2D eigenvalue weighted by molar-refractivity contribution is -0.226. The van der Waals surface area contributed by atoms with Crippen LogP contribution in [-0.4, -0.2) is 100 Å². The van der Waals surface area contributed by atoms with Crippen LogP contribution in [0.5, 0.6) is 0 Å². The summed E-state index contributed by atoms with van der Waals surface area (Å²) in [5.41, 5.74) is 7.34. The fraction of sp³-hybridized carbons (Fsp3) is 0.362. The van der Waals surface area contributed by atoms with Gasteiger partial charge in [-0.05, 0) is 60.2 Å². The number of hydrogen-bond donors (Lipinski definition) is 7. The lowest BCUT2D eigenvalue weighted by atomic mass is 9.90. The zero-order valence-corrected chi connectivity index (χ0v) is 34.4. The van der Waals surface area contributed by atoms with Crippen molar-refractivity contribution >= 4 is 29.5 Å². The van der Waals surface area contributed by atoms with Gasteiger partial charge in [0.05, 0.1) is 11.7 Å². The summed E-state index contributed by atoms with van der Waals surface area (Å²) in [4.78, 5) is 45.7. The normalized spacial score (nSPS) is 21.4. The molecule has 0 radical (unpaired) electrons. The first-order valence-electron chi connectivity index (χ1n) is 20.4. The molecule has 1 fully saturated rings. The number of nitrogens with zero attached hydrogens (tertiary/aromatic N) is 1. The molecule has 0 saturated carbocycles. The summed E-state index contributed by atoms with van der Waals surface area (Å²) in [6.07, 6.45) is -9.36. The van der Waals surface area contributed by atoms with Gasteiger partial charge in [0.15, 0.2) is 0 Å². The zero-order chi connectivity index (χ0) is 43.3. The molecule has 4 aromatic rings. The van der Waals surface area contributed by atoms with Gasteiger partial charge in [-0.3, -0.25) is 9.79 Å². The van der Waals surface area contributed by atoms with Crippen LogP contribution in [0.1, 0.15) is 55.4 Å². The first-order chi connectivity index (χ1) is 29.3. The quantitative estimate of drug-likeness (QED) is 0.0929. The lowest BCUT2D eigenvalue weighted by Gasteiger charge is -2.43. The fourth-order valence-corrected chi connectivity index (χ4v) is 8.00. The number of alkyl carbamates (subject to hydrolysis) is 2. The van der Waals surface area contributed by atoms with Gasteiger partial charge in [0.1, 0.15) is 48.8 Å². The van der Waals surface area contributed by atoms with Gasteiger partial charge in [0.2, 0.25) is 5.91 Å². The summed E-state index contributed by atoms with van der Waals surface area (Å²) in [7, 11) is 0. The van der Waals surface area contributed by atoms with E-state index in [4.69, 9.17) is 19.2 Å². The summed E-state index contributed by atoms with van der Waals surface area (Å²) < 4.78 is 17.3. The molecule has 0 aromatic heterocycles. The van der Waals surface area contributed by atoms with Gasteiger partial charge >= 0.3 is 12.2 Å². The SMILES string of the molecule is C=C(NCc1ccccc1)[C@H](CC1=Nc2ccccc2C1)NC(=O)C(NC(=O)OC(C)(C)C)[C@@H]1OC(CNC(=O)OCC2c3ccccc3-c3ccccc32)[C@@H](O)C(O)C1O. The number of carbonyl (C=O) groups is 3. The highest BCUT2D eigenvalue weighted by molar-refractivity contribution is 5.95. The van der Waals surface area contributed by atoms with Crippen molar-refractivity contribution in [3.05, 3.63) is 138 Å². The number of para-hydroxylation sites is 1. The van der Waals surface area contributed by atoms with E-state index in [1.54, 1.807) is 20.8 Å². The third kappa shape index (κ3) is 10.3. The van der Waals surface area contributed by atoms with Crippen LogP contribution in [-0.2, 0) is 32.0 Å². The lowest BCUT2D eigenvalue weighted by Crippen LogP contribution is -2.68. The Morgan fingerprint density at radius 3 is 2.11 bits per heavy atom. The van der Waals surface area contributed by atoms with E-state index in [2.05, 4.69) is 27.8 Å². The molecule has 2 aliphatic heterocycles.